The fourth-order valence-corrected chi connectivity index (χ4v) is 5.18. The van der Waals surface area contributed by atoms with E-state index in [1.165, 1.54) is 37.7 Å². The van der Waals surface area contributed by atoms with Crippen molar-refractivity contribution < 1.29 is 9.90 Å². The number of rotatable bonds is 2. The molecule has 0 unspecified atom stereocenters. The summed E-state index contributed by atoms with van der Waals surface area (Å²) in [7, 11) is 1.00. The van der Waals surface area contributed by atoms with Crippen LogP contribution in [0.4, 0.5) is 0 Å². The number of aliphatic hydroxyl groups is 1. The van der Waals surface area contributed by atoms with Gasteiger partial charge in [0.25, 0.3) is 5.91 Å². The highest BCUT2D eigenvalue weighted by atomic mass is 35.5. The van der Waals surface area contributed by atoms with Crippen molar-refractivity contribution in [3.8, 4) is 0 Å². The van der Waals surface area contributed by atoms with Crippen molar-refractivity contribution >= 4 is 39.9 Å². The zero-order valence-electron chi connectivity index (χ0n) is 20.7. The number of benzene rings is 3. The third-order valence-corrected chi connectivity index (χ3v) is 7.47. The average Bonchev–Trinajstić information content (AvgIpc) is 2.92. The Labute approximate surface area is 219 Å². The first-order valence-corrected chi connectivity index (χ1v) is 13.2. The molecule has 2 aliphatic rings. The van der Waals surface area contributed by atoms with Gasteiger partial charge in [0, 0.05) is 31.8 Å². The van der Waals surface area contributed by atoms with E-state index in [1.807, 2.05) is 48.2 Å². The highest BCUT2D eigenvalue weighted by Gasteiger charge is 2.28. The van der Waals surface area contributed by atoms with Gasteiger partial charge in [-0.2, -0.15) is 0 Å². The van der Waals surface area contributed by atoms with Crippen molar-refractivity contribution in [2.24, 2.45) is 0 Å². The number of fused-ring (bicyclic) bond motifs is 1. The van der Waals surface area contributed by atoms with Crippen LogP contribution >= 0.6 is 23.2 Å². The van der Waals surface area contributed by atoms with E-state index < -0.39 is 0 Å². The number of likely N-dealkylation sites (tertiary alicyclic amines) is 2. The third-order valence-electron chi connectivity index (χ3n) is 6.73. The molecule has 1 amide bonds. The van der Waals surface area contributed by atoms with Gasteiger partial charge in [0.1, 0.15) is 0 Å². The predicted octanol–water partition coefficient (Wildman–Crippen LogP) is 6.84. The number of aryl methyl sites for hydroxylation is 1. The van der Waals surface area contributed by atoms with Crippen LogP contribution in [0, 0.1) is 6.92 Å². The molecular formula is C29H36Cl2N2O2. The first-order valence-electron chi connectivity index (χ1n) is 12.4. The van der Waals surface area contributed by atoms with E-state index >= 15 is 0 Å². The zero-order chi connectivity index (χ0) is 25.2. The summed E-state index contributed by atoms with van der Waals surface area (Å²) < 4.78 is 0. The molecule has 0 bridgehead atoms. The maximum absolute atomic E-state index is 12.8. The summed E-state index contributed by atoms with van der Waals surface area (Å²) in [6.07, 6.45) is 6.32. The van der Waals surface area contributed by atoms with Gasteiger partial charge in [-0.3, -0.25) is 4.79 Å². The molecule has 0 aromatic heterocycles. The van der Waals surface area contributed by atoms with Gasteiger partial charge in [-0.1, -0.05) is 66.0 Å². The Kier molecular flexibility index (Phi) is 10.9. The SMILES string of the molecule is CO.Cc1ccc(Cl)c(Cl)c1.O=C(c1ccc2ccccc2c1)N1CCC(N2CCCCC2)CC1. The lowest BCUT2D eigenvalue weighted by atomic mass is 9.99. The van der Waals surface area contributed by atoms with E-state index in [4.69, 9.17) is 28.3 Å². The Bertz CT molecular complexity index is 1090. The van der Waals surface area contributed by atoms with Gasteiger partial charge < -0.3 is 14.9 Å². The molecule has 35 heavy (non-hydrogen) atoms. The minimum Gasteiger partial charge on any atom is -0.400 e. The lowest BCUT2D eigenvalue weighted by Gasteiger charge is -2.40. The molecule has 0 aliphatic carbocycles. The molecule has 2 aliphatic heterocycles. The van der Waals surface area contributed by atoms with Gasteiger partial charge in [-0.05, 0) is 86.3 Å². The topological polar surface area (TPSA) is 43.8 Å². The maximum atomic E-state index is 12.8. The smallest absolute Gasteiger partial charge is 0.253 e. The number of amides is 1. The van der Waals surface area contributed by atoms with Crippen LogP contribution in [0.5, 0.6) is 0 Å². The molecule has 0 saturated carbocycles. The lowest BCUT2D eigenvalue weighted by Crippen LogP contribution is -2.48. The molecule has 188 valence electrons. The van der Waals surface area contributed by atoms with Gasteiger partial charge in [-0.25, -0.2) is 0 Å². The Morgan fingerprint density at radius 2 is 1.46 bits per heavy atom. The lowest BCUT2D eigenvalue weighted by molar-refractivity contribution is 0.0590. The second-order valence-corrected chi connectivity index (χ2v) is 9.91. The molecule has 0 spiro atoms. The van der Waals surface area contributed by atoms with E-state index in [1.54, 1.807) is 6.07 Å². The molecule has 0 radical (unpaired) electrons. The highest BCUT2D eigenvalue weighted by Crippen LogP contribution is 2.23. The molecular weight excluding hydrogens is 479 g/mol. The summed E-state index contributed by atoms with van der Waals surface area (Å²) in [5.74, 6) is 0.192. The van der Waals surface area contributed by atoms with Crippen molar-refractivity contribution in [2.45, 2.75) is 45.1 Å². The second-order valence-electron chi connectivity index (χ2n) is 9.10. The molecule has 4 nitrogen and oxygen atoms in total. The van der Waals surface area contributed by atoms with E-state index in [-0.39, 0.29) is 5.91 Å². The quantitative estimate of drug-likeness (QED) is 0.406. The first-order chi connectivity index (χ1) is 17.0. The van der Waals surface area contributed by atoms with Crippen molar-refractivity contribution in [1.29, 1.82) is 0 Å². The summed E-state index contributed by atoms with van der Waals surface area (Å²) in [6, 6.07) is 20.5. The summed E-state index contributed by atoms with van der Waals surface area (Å²) in [4.78, 5) is 17.5. The minimum absolute atomic E-state index is 0.192. The molecule has 3 aromatic rings. The molecule has 1 N–H and O–H groups in total. The number of halogens is 2. The number of piperidine rings is 2. The van der Waals surface area contributed by atoms with Gasteiger partial charge in [-0.15, -0.1) is 0 Å². The minimum atomic E-state index is 0.192. The fraction of sp³-hybridized carbons (Fsp3) is 0.414. The Balaban J connectivity index is 0.000000262. The van der Waals surface area contributed by atoms with Crippen LogP contribution in [-0.2, 0) is 0 Å². The van der Waals surface area contributed by atoms with Gasteiger partial charge in [0.15, 0.2) is 0 Å². The van der Waals surface area contributed by atoms with Crippen LogP contribution in [0.2, 0.25) is 10.0 Å². The standard InChI is InChI=1S/C21H26N2O.C7H6Cl2.CH4O/c24-21(19-9-8-17-6-2-3-7-18(17)16-19)23-14-10-20(11-15-23)22-12-4-1-5-13-22;1-5-2-3-6(8)7(9)4-5;1-2/h2-3,6-9,16,20H,1,4-5,10-15H2;2-4H,1H3;2H,1H3. The normalized spacial score (nSPS) is 16.7. The van der Waals surface area contributed by atoms with Crippen LogP contribution in [0.25, 0.3) is 10.8 Å². The summed E-state index contributed by atoms with van der Waals surface area (Å²) in [6.45, 7) is 6.27. The van der Waals surface area contributed by atoms with Crippen LogP contribution in [0.1, 0.15) is 48.0 Å². The number of nitrogens with zero attached hydrogens (tertiary/aromatic N) is 2. The average molecular weight is 516 g/mol. The van der Waals surface area contributed by atoms with Gasteiger partial charge in [0.05, 0.1) is 10.0 Å². The Morgan fingerprint density at radius 1 is 0.800 bits per heavy atom. The number of hydrogen-bond acceptors (Lipinski definition) is 3. The van der Waals surface area contributed by atoms with Gasteiger partial charge >= 0.3 is 0 Å². The number of hydrogen-bond donors (Lipinski definition) is 1. The Morgan fingerprint density at radius 3 is 2.09 bits per heavy atom. The van der Waals surface area contributed by atoms with Crippen LogP contribution < -0.4 is 0 Å². The van der Waals surface area contributed by atoms with Gasteiger partial charge in [0.2, 0.25) is 0 Å². The molecule has 2 saturated heterocycles. The molecule has 6 heteroatoms. The highest BCUT2D eigenvalue weighted by molar-refractivity contribution is 6.42. The number of carbonyl (C=O) groups is 1. The predicted molar refractivity (Wildman–Crippen MR) is 148 cm³/mol. The van der Waals surface area contributed by atoms with Crippen molar-refractivity contribution in [3.63, 3.8) is 0 Å². The Hall–Kier alpha value is -2.11. The summed E-state index contributed by atoms with van der Waals surface area (Å²) >= 11 is 11.3. The first kappa shape index (κ1) is 27.5. The molecule has 3 aromatic carbocycles. The van der Waals surface area contributed by atoms with Crippen LogP contribution in [0.3, 0.4) is 0 Å². The number of aliphatic hydroxyl groups excluding tert-OH is 1. The van der Waals surface area contributed by atoms with E-state index in [9.17, 15) is 4.79 Å². The fourth-order valence-electron chi connectivity index (χ4n) is 4.82. The zero-order valence-corrected chi connectivity index (χ0v) is 22.2. The maximum Gasteiger partial charge on any atom is 0.253 e. The monoisotopic (exact) mass is 514 g/mol. The van der Waals surface area contributed by atoms with Crippen molar-refractivity contribution in [3.05, 3.63) is 81.8 Å². The van der Waals surface area contributed by atoms with E-state index in [0.717, 1.165) is 49.6 Å². The number of carbonyl (C=O) groups excluding carboxylic acids is 1. The van der Waals surface area contributed by atoms with Crippen LogP contribution in [0.15, 0.2) is 60.7 Å². The largest absolute Gasteiger partial charge is 0.400 e. The van der Waals surface area contributed by atoms with E-state index in [2.05, 4.69) is 23.1 Å². The molecule has 2 fully saturated rings. The van der Waals surface area contributed by atoms with Crippen molar-refractivity contribution in [1.82, 2.24) is 9.80 Å². The van der Waals surface area contributed by atoms with E-state index in [0.29, 0.717) is 16.1 Å². The molecule has 5 rings (SSSR count). The molecule has 2 heterocycles. The molecule has 0 atom stereocenters. The summed E-state index contributed by atoms with van der Waals surface area (Å²) in [5, 5.41) is 10.6. The van der Waals surface area contributed by atoms with Crippen molar-refractivity contribution in [2.75, 3.05) is 33.3 Å². The summed E-state index contributed by atoms with van der Waals surface area (Å²) in [5.41, 5.74) is 1.95. The van der Waals surface area contributed by atoms with Crippen LogP contribution in [-0.4, -0.2) is 60.1 Å². The second kappa shape index (κ2) is 13.8. The third kappa shape index (κ3) is 7.68.